The van der Waals surface area contributed by atoms with Crippen LogP contribution in [0.25, 0.3) is 0 Å². The lowest BCUT2D eigenvalue weighted by molar-refractivity contribution is -0.143. The molecule has 0 atom stereocenters. The summed E-state index contributed by atoms with van der Waals surface area (Å²) in [6, 6.07) is 0. The molecule has 0 saturated carbocycles. The number of ether oxygens (including phenoxy) is 1. The Hall–Kier alpha value is -0.180. The summed E-state index contributed by atoms with van der Waals surface area (Å²) in [5.74, 6) is 1.60. The van der Waals surface area contributed by atoms with Crippen molar-refractivity contribution in [1.82, 2.24) is 0 Å². The molecule has 0 aliphatic heterocycles. The van der Waals surface area contributed by atoms with E-state index in [4.69, 9.17) is 4.74 Å². The molecular formula is C17H33O2S. The van der Waals surface area contributed by atoms with E-state index in [9.17, 15) is 4.79 Å². The molecule has 0 aliphatic rings. The lowest BCUT2D eigenvalue weighted by Gasteiger charge is -2.05. The Morgan fingerprint density at radius 3 is 2.05 bits per heavy atom. The Morgan fingerprint density at radius 2 is 1.50 bits per heavy atom. The monoisotopic (exact) mass is 301 g/mol. The Labute approximate surface area is 130 Å². The minimum atomic E-state index is -0.0538. The second-order valence-electron chi connectivity index (χ2n) is 5.26. The fourth-order valence-electron chi connectivity index (χ4n) is 2.11. The van der Waals surface area contributed by atoms with Crippen LogP contribution in [0, 0.1) is 6.92 Å². The van der Waals surface area contributed by atoms with Crippen molar-refractivity contribution in [1.29, 1.82) is 0 Å². The van der Waals surface area contributed by atoms with Crippen molar-refractivity contribution in [2.45, 2.75) is 77.6 Å². The second-order valence-corrected chi connectivity index (χ2v) is 6.49. The lowest BCUT2D eigenvalue weighted by atomic mass is 10.1. The highest BCUT2D eigenvalue weighted by Crippen LogP contribution is 2.10. The van der Waals surface area contributed by atoms with Crippen molar-refractivity contribution in [2.24, 2.45) is 0 Å². The minimum Gasteiger partial charge on any atom is -0.466 e. The SMILES string of the molecule is [CH2]CSCCC(=O)OCCCCCCCCCCCC. The third-order valence-corrected chi connectivity index (χ3v) is 4.14. The number of carbonyl (C=O) groups is 1. The van der Waals surface area contributed by atoms with Crippen LogP contribution < -0.4 is 0 Å². The Kier molecular flexibility index (Phi) is 16.7. The van der Waals surface area contributed by atoms with Gasteiger partial charge in [-0.25, -0.2) is 0 Å². The molecule has 0 spiro atoms. The smallest absolute Gasteiger partial charge is 0.306 e. The Morgan fingerprint density at radius 1 is 0.950 bits per heavy atom. The molecule has 0 aliphatic carbocycles. The van der Waals surface area contributed by atoms with Crippen LogP contribution in [0.2, 0.25) is 0 Å². The molecule has 2 nitrogen and oxygen atoms in total. The van der Waals surface area contributed by atoms with Crippen LogP contribution in [0.5, 0.6) is 0 Å². The maximum Gasteiger partial charge on any atom is 0.306 e. The number of unbranched alkanes of at least 4 members (excludes halogenated alkanes) is 9. The van der Waals surface area contributed by atoms with E-state index < -0.39 is 0 Å². The normalized spacial score (nSPS) is 10.7. The molecule has 0 aromatic rings. The average Bonchev–Trinajstić information content (AvgIpc) is 2.45. The Bertz CT molecular complexity index is 207. The highest BCUT2D eigenvalue weighted by molar-refractivity contribution is 7.99. The molecule has 0 heterocycles. The molecule has 0 N–H and O–H groups in total. The topological polar surface area (TPSA) is 26.3 Å². The predicted octanol–water partition coefficient (Wildman–Crippen LogP) is 5.41. The molecular weight excluding hydrogens is 268 g/mol. The van der Waals surface area contributed by atoms with Crippen molar-refractivity contribution in [3.63, 3.8) is 0 Å². The van der Waals surface area contributed by atoms with Gasteiger partial charge >= 0.3 is 5.97 Å². The van der Waals surface area contributed by atoms with Crippen LogP contribution in [0.3, 0.4) is 0 Å². The molecule has 0 amide bonds. The number of hydrogen-bond acceptors (Lipinski definition) is 3. The highest BCUT2D eigenvalue weighted by Gasteiger charge is 2.01. The van der Waals surface area contributed by atoms with Gasteiger partial charge in [0.15, 0.2) is 0 Å². The van der Waals surface area contributed by atoms with Crippen LogP contribution in [0.15, 0.2) is 0 Å². The van der Waals surface area contributed by atoms with Gasteiger partial charge in [-0.3, -0.25) is 4.79 Å². The third-order valence-electron chi connectivity index (χ3n) is 3.36. The van der Waals surface area contributed by atoms with E-state index in [2.05, 4.69) is 13.8 Å². The molecule has 0 unspecified atom stereocenters. The number of esters is 1. The first kappa shape index (κ1) is 19.8. The zero-order chi connectivity index (χ0) is 14.9. The van der Waals surface area contributed by atoms with E-state index in [1.807, 2.05) is 0 Å². The van der Waals surface area contributed by atoms with Crippen molar-refractivity contribution in [3.8, 4) is 0 Å². The van der Waals surface area contributed by atoms with Gasteiger partial charge in [0, 0.05) is 5.75 Å². The summed E-state index contributed by atoms with van der Waals surface area (Å²) in [7, 11) is 0. The maximum absolute atomic E-state index is 11.3. The summed E-state index contributed by atoms with van der Waals surface area (Å²) in [6.07, 6.45) is 13.6. The van der Waals surface area contributed by atoms with E-state index in [-0.39, 0.29) is 5.97 Å². The molecule has 0 aromatic heterocycles. The zero-order valence-corrected chi connectivity index (χ0v) is 14.1. The van der Waals surface area contributed by atoms with Crippen LogP contribution in [0.4, 0.5) is 0 Å². The number of rotatable bonds is 15. The molecule has 0 bridgehead atoms. The fraction of sp³-hybridized carbons (Fsp3) is 0.882. The predicted molar refractivity (Wildman–Crippen MR) is 90.1 cm³/mol. The van der Waals surface area contributed by atoms with Crippen molar-refractivity contribution < 1.29 is 9.53 Å². The average molecular weight is 302 g/mol. The van der Waals surface area contributed by atoms with E-state index in [1.54, 1.807) is 11.8 Å². The van der Waals surface area contributed by atoms with Crippen LogP contribution >= 0.6 is 11.8 Å². The quantitative estimate of drug-likeness (QED) is 0.299. The van der Waals surface area contributed by atoms with E-state index in [0.717, 1.165) is 17.9 Å². The fourth-order valence-corrected chi connectivity index (χ4v) is 2.62. The first-order valence-electron chi connectivity index (χ1n) is 8.33. The Balaban J connectivity index is 3.07. The summed E-state index contributed by atoms with van der Waals surface area (Å²) < 4.78 is 5.19. The van der Waals surface area contributed by atoms with E-state index >= 15 is 0 Å². The summed E-state index contributed by atoms with van der Waals surface area (Å²) >= 11 is 1.68. The van der Waals surface area contributed by atoms with Crippen molar-refractivity contribution in [2.75, 3.05) is 18.1 Å². The lowest BCUT2D eigenvalue weighted by Crippen LogP contribution is -2.06. The zero-order valence-electron chi connectivity index (χ0n) is 13.3. The van der Waals surface area contributed by atoms with Gasteiger partial charge in [-0.2, -0.15) is 11.8 Å². The third kappa shape index (κ3) is 15.9. The second kappa shape index (κ2) is 16.9. The van der Waals surface area contributed by atoms with Crippen LogP contribution in [-0.2, 0) is 9.53 Å². The molecule has 0 fully saturated rings. The van der Waals surface area contributed by atoms with Crippen molar-refractivity contribution in [3.05, 3.63) is 6.92 Å². The molecule has 3 heteroatoms. The van der Waals surface area contributed by atoms with Gasteiger partial charge in [-0.15, -0.1) is 0 Å². The minimum absolute atomic E-state index is 0.0538. The molecule has 1 radical (unpaired) electrons. The van der Waals surface area contributed by atoms with Gasteiger partial charge in [0.25, 0.3) is 0 Å². The van der Waals surface area contributed by atoms with Gasteiger partial charge in [-0.1, -0.05) is 64.7 Å². The van der Waals surface area contributed by atoms with Gasteiger partial charge in [0.1, 0.15) is 0 Å². The van der Waals surface area contributed by atoms with Crippen LogP contribution in [0.1, 0.15) is 77.6 Å². The summed E-state index contributed by atoms with van der Waals surface area (Å²) in [4.78, 5) is 11.3. The summed E-state index contributed by atoms with van der Waals surface area (Å²) in [5.41, 5.74) is 0. The van der Waals surface area contributed by atoms with Gasteiger partial charge < -0.3 is 4.74 Å². The molecule has 0 aromatic carbocycles. The number of thioether (sulfide) groups is 1. The summed E-state index contributed by atoms with van der Waals surface area (Å²) in [6.45, 7) is 6.58. The van der Waals surface area contributed by atoms with Gasteiger partial charge in [0.05, 0.1) is 13.0 Å². The highest BCUT2D eigenvalue weighted by atomic mass is 32.2. The number of hydrogen-bond donors (Lipinski definition) is 0. The first-order chi connectivity index (χ1) is 9.81. The van der Waals surface area contributed by atoms with Crippen LogP contribution in [-0.4, -0.2) is 24.1 Å². The van der Waals surface area contributed by atoms with Gasteiger partial charge in [0.2, 0.25) is 0 Å². The maximum atomic E-state index is 11.3. The first-order valence-corrected chi connectivity index (χ1v) is 9.49. The molecule has 119 valence electrons. The molecule has 0 saturated heterocycles. The number of carbonyl (C=O) groups excluding carboxylic acids is 1. The largest absolute Gasteiger partial charge is 0.466 e. The summed E-state index contributed by atoms with van der Waals surface area (Å²) in [5, 5.41) is 0. The van der Waals surface area contributed by atoms with E-state index in [1.165, 1.54) is 57.8 Å². The van der Waals surface area contributed by atoms with Gasteiger partial charge in [-0.05, 0) is 19.1 Å². The van der Waals surface area contributed by atoms with E-state index in [0.29, 0.717) is 13.0 Å². The standard InChI is InChI=1S/C17H33O2S/c1-3-5-6-7-8-9-10-11-12-13-15-19-17(18)14-16-20-4-2/h2-16H2,1H3. The van der Waals surface area contributed by atoms with Crippen molar-refractivity contribution >= 4 is 17.7 Å². The molecule has 20 heavy (non-hydrogen) atoms. The molecule has 0 rings (SSSR count).